The third-order valence-corrected chi connectivity index (χ3v) is 8.14. The van der Waals surface area contributed by atoms with Gasteiger partial charge in [0.15, 0.2) is 0 Å². The zero-order valence-corrected chi connectivity index (χ0v) is 25.2. The molecule has 10 nitrogen and oxygen atoms in total. The molecular weight excluding hydrogens is 492 g/mol. The molecule has 10 heteroatoms. The Morgan fingerprint density at radius 1 is 0.711 bits per heavy atom. The molecule has 2 aliphatic rings. The van der Waals surface area contributed by atoms with Crippen LogP contribution < -0.4 is 0 Å². The highest BCUT2D eigenvalue weighted by molar-refractivity contribution is 4.94. The molecule has 2 rings (SSSR count). The van der Waals surface area contributed by atoms with Crippen molar-refractivity contribution in [3.8, 4) is 0 Å². The Hall–Kier alpha value is -0.400. The number of rotatable bonds is 19. The van der Waals surface area contributed by atoms with Crippen LogP contribution in [0, 0.1) is 5.41 Å². The summed E-state index contributed by atoms with van der Waals surface area (Å²) in [6, 6.07) is 0.960. The largest absolute Gasteiger partial charge is 0.396 e. The van der Waals surface area contributed by atoms with Crippen LogP contribution in [0.2, 0.25) is 0 Å². The minimum atomic E-state index is -1.39. The molecule has 0 bridgehead atoms. The van der Waals surface area contributed by atoms with E-state index < -0.39 is 53.2 Å². The van der Waals surface area contributed by atoms with Gasteiger partial charge in [-0.25, -0.2) is 0 Å². The van der Waals surface area contributed by atoms with Gasteiger partial charge in [-0.05, 0) is 68.7 Å². The first-order valence-corrected chi connectivity index (χ1v) is 14.0. The fourth-order valence-electron chi connectivity index (χ4n) is 4.42. The summed E-state index contributed by atoms with van der Waals surface area (Å²) in [6.45, 7) is 19.1. The van der Waals surface area contributed by atoms with Crippen molar-refractivity contribution in [2.75, 3.05) is 59.2 Å². The van der Waals surface area contributed by atoms with E-state index in [0.29, 0.717) is 25.2 Å². The molecule has 2 heterocycles. The van der Waals surface area contributed by atoms with Crippen LogP contribution >= 0.6 is 0 Å². The molecule has 7 unspecified atom stereocenters. The zero-order chi connectivity index (χ0) is 29.2. The molecule has 2 fully saturated rings. The summed E-state index contributed by atoms with van der Waals surface area (Å²) in [5, 5.41) is 52.8. The highest BCUT2D eigenvalue weighted by atomic mass is 16.6. The third-order valence-electron chi connectivity index (χ3n) is 8.14. The minimum absolute atomic E-state index is 0.0142. The monoisotopic (exact) mass is 548 g/mol. The van der Waals surface area contributed by atoms with Gasteiger partial charge in [-0.2, -0.15) is 0 Å². The average Bonchev–Trinajstić information content (AvgIpc) is 3.72. The number of hydrogen-bond acceptors (Lipinski definition) is 10. The third kappa shape index (κ3) is 10.2. The summed E-state index contributed by atoms with van der Waals surface area (Å²) in [5.74, 6) is 0. The molecule has 0 amide bonds. The lowest BCUT2D eigenvalue weighted by Gasteiger charge is -2.41. The number of hydrogen-bond donors (Lipinski definition) is 5. The van der Waals surface area contributed by atoms with E-state index in [1.165, 1.54) is 0 Å². The van der Waals surface area contributed by atoms with Crippen LogP contribution in [0.3, 0.4) is 0 Å². The molecule has 0 aromatic heterocycles. The molecule has 38 heavy (non-hydrogen) atoms. The van der Waals surface area contributed by atoms with Crippen LogP contribution in [0.25, 0.3) is 0 Å². The molecule has 0 aromatic rings. The van der Waals surface area contributed by atoms with Crippen molar-refractivity contribution in [3.05, 3.63) is 0 Å². The van der Waals surface area contributed by atoms with E-state index in [-0.39, 0.29) is 26.2 Å². The summed E-state index contributed by atoms with van der Waals surface area (Å²) in [6.07, 6.45) is -1.35. The summed E-state index contributed by atoms with van der Waals surface area (Å²) >= 11 is 0. The number of aliphatic hydroxyl groups is 5. The maximum atomic E-state index is 11.1. The van der Waals surface area contributed by atoms with E-state index in [9.17, 15) is 25.5 Å². The van der Waals surface area contributed by atoms with Crippen molar-refractivity contribution >= 4 is 0 Å². The second-order valence-corrected chi connectivity index (χ2v) is 14.0. The number of aliphatic hydroxyl groups excluding tert-OH is 4. The Kier molecular flexibility index (Phi) is 11.2. The maximum Gasteiger partial charge on any atom is 0.0951 e. The van der Waals surface area contributed by atoms with Gasteiger partial charge in [0.05, 0.1) is 67.6 Å². The predicted octanol–water partition coefficient (Wildman–Crippen LogP) is 0.614. The van der Waals surface area contributed by atoms with E-state index in [1.54, 1.807) is 20.8 Å². The summed E-state index contributed by atoms with van der Waals surface area (Å²) in [7, 11) is 0. The molecule has 0 radical (unpaired) electrons. The summed E-state index contributed by atoms with van der Waals surface area (Å²) in [4.78, 5) is 4.32. The van der Waals surface area contributed by atoms with Gasteiger partial charge in [0.25, 0.3) is 0 Å². The van der Waals surface area contributed by atoms with E-state index in [0.717, 1.165) is 13.1 Å². The van der Waals surface area contributed by atoms with Crippen LogP contribution in [-0.4, -0.2) is 141 Å². The van der Waals surface area contributed by atoms with Crippen molar-refractivity contribution in [3.63, 3.8) is 0 Å². The van der Waals surface area contributed by atoms with Crippen molar-refractivity contribution in [2.45, 2.75) is 115 Å². The summed E-state index contributed by atoms with van der Waals surface area (Å²) < 4.78 is 18.1. The van der Waals surface area contributed by atoms with Gasteiger partial charge in [-0.1, -0.05) is 0 Å². The van der Waals surface area contributed by atoms with Crippen molar-refractivity contribution < 1.29 is 39.7 Å². The smallest absolute Gasteiger partial charge is 0.0951 e. The van der Waals surface area contributed by atoms with Gasteiger partial charge >= 0.3 is 0 Å². The lowest BCUT2D eigenvalue weighted by Crippen LogP contribution is -2.51. The van der Waals surface area contributed by atoms with Gasteiger partial charge < -0.3 is 39.7 Å². The second-order valence-electron chi connectivity index (χ2n) is 14.0. The Labute approximate surface area is 229 Å². The molecule has 2 saturated heterocycles. The lowest BCUT2D eigenvalue weighted by molar-refractivity contribution is -0.185. The molecule has 5 N–H and O–H groups in total. The Morgan fingerprint density at radius 3 is 1.47 bits per heavy atom. The van der Waals surface area contributed by atoms with Gasteiger partial charge in [0.2, 0.25) is 0 Å². The van der Waals surface area contributed by atoms with E-state index in [1.807, 2.05) is 27.7 Å². The normalized spacial score (nSPS) is 27.6. The van der Waals surface area contributed by atoms with Crippen LogP contribution in [0.15, 0.2) is 0 Å². The average molecular weight is 549 g/mol. The van der Waals surface area contributed by atoms with Crippen LogP contribution in [0.4, 0.5) is 0 Å². The number of nitrogens with zero attached hydrogens (tertiary/aromatic N) is 2. The predicted molar refractivity (Wildman–Crippen MR) is 146 cm³/mol. The van der Waals surface area contributed by atoms with E-state index in [4.69, 9.17) is 14.2 Å². The molecule has 226 valence electrons. The molecule has 7 atom stereocenters. The Morgan fingerprint density at radius 2 is 1.11 bits per heavy atom. The summed E-state index contributed by atoms with van der Waals surface area (Å²) in [5.41, 5.74) is -4.94. The fourth-order valence-corrected chi connectivity index (χ4v) is 4.42. The molecule has 0 aliphatic carbocycles. The topological polar surface area (TPSA) is 135 Å². The van der Waals surface area contributed by atoms with Gasteiger partial charge in [0, 0.05) is 43.7 Å². The van der Waals surface area contributed by atoms with Gasteiger partial charge in [-0.15, -0.1) is 0 Å². The van der Waals surface area contributed by atoms with Gasteiger partial charge in [0.1, 0.15) is 0 Å². The number of β-amino-alcohol motifs (C(OH)–C–C–N with tert-alkyl or cyclic N) is 2. The van der Waals surface area contributed by atoms with Crippen molar-refractivity contribution in [2.24, 2.45) is 5.41 Å². The molecule has 0 spiro atoms. The lowest BCUT2D eigenvalue weighted by atomic mass is 9.79. The molecule has 0 aromatic carbocycles. The van der Waals surface area contributed by atoms with E-state index >= 15 is 0 Å². The van der Waals surface area contributed by atoms with E-state index in [2.05, 4.69) is 23.6 Å². The SMILES string of the molecule is CC1CN1CC(O)C(C)(C)OCC(C)(O)CC(CO)(CO)COC(C)(C)COC(C)(C)C(O)CN1CC1C. The highest BCUT2D eigenvalue weighted by Gasteiger charge is 2.43. The minimum Gasteiger partial charge on any atom is -0.396 e. The van der Waals surface area contributed by atoms with Crippen LogP contribution in [-0.2, 0) is 14.2 Å². The molecule has 2 aliphatic heterocycles. The Balaban J connectivity index is 1.89. The standard InChI is InChI=1S/C28H56N2O8/c1-20-10-29(20)12-22(33)25(5,6)37-17-24(3,4)36-19-28(15-31,16-32)14-27(9,35)18-38-26(7,8)23(34)13-30-11-21(30)2/h20-23,31-35H,10-19H2,1-9H3. The first-order chi connectivity index (χ1) is 17.3. The Bertz CT molecular complexity index is 740. The molecule has 0 saturated carbocycles. The quantitative estimate of drug-likeness (QED) is 0.146. The zero-order valence-electron chi connectivity index (χ0n) is 25.2. The van der Waals surface area contributed by atoms with Crippen LogP contribution in [0.1, 0.15) is 68.7 Å². The van der Waals surface area contributed by atoms with Crippen molar-refractivity contribution in [1.82, 2.24) is 9.80 Å². The number of ether oxygens (including phenoxy) is 3. The first-order valence-electron chi connectivity index (χ1n) is 14.0. The second kappa shape index (κ2) is 12.6. The maximum absolute atomic E-state index is 11.1. The van der Waals surface area contributed by atoms with Crippen molar-refractivity contribution in [1.29, 1.82) is 0 Å². The van der Waals surface area contributed by atoms with Gasteiger partial charge in [-0.3, -0.25) is 9.80 Å². The highest BCUT2D eigenvalue weighted by Crippen LogP contribution is 2.33. The molecular formula is C28H56N2O8. The van der Waals surface area contributed by atoms with Crippen LogP contribution in [0.5, 0.6) is 0 Å². The first kappa shape index (κ1) is 33.8. The fraction of sp³-hybridized carbons (Fsp3) is 1.00.